The molecule has 2 N–H and O–H groups in total. The zero-order valence-electron chi connectivity index (χ0n) is 15.3. The van der Waals surface area contributed by atoms with E-state index in [1.807, 2.05) is 0 Å². The number of carbonyl (C=O) groups is 3. The Bertz CT molecular complexity index is 958. The van der Waals surface area contributed by atoms with E-state index in [0.29, 0.717) is 16.3 Å². The van der Waals surface area contributed by atoms with Crippen molar-refractivity contribution in [2.45, 2.75) is 18.6 Å². The smallest absolute Gasteiger partial charge is 0.416 e. The first kappa shape index (κ1) is 20.2. The van der Waals surface area contributed by atoms with Gasteiger partial charge in [-0.25, -0.2) is 4.79 Å². The molecule has 1 atom stereocenters. The fourth-order valence-corrected chi connectivity index (χ4v) is 2.84. The SMILES string of the molecule is COc1ccc([C@]2(C)NC(=O)N(NC(=O)c3ccc(C(F)(F)F)cc3)C2=O)cc1. The van der Waals surface area contributed by atoms with E-state index in [-0.39, 0.29) is 5.56 Å². The third-order valence-electron chi connectivity index (χ3n) is 4.55. The lowest BCUT2D eigenvalue weighted by Gasteiger charge is -2.22. The van der Waals surface area contributed by atoms with Crippen LogP contribution in [0.3, 0.4) is 0 Å². The fourth-order valence-electron chi connectivity index (χ4n) is 2.84. The molecule has 29 heavy (non-hydrogen) atoms. The number of carbonyl (C=O) groups excluding carboxylic acids is 3. The first-order valence-corrected chi connectivity index (χ1v) is 8.36. The molecule has 1 saturated heterocycles. The first-order chi connectivity index (χ1) is 13.6. The topological polar surface area (TPSA) is 87.7 Å². The Balaban J connectivity index is 1.78. The molecule has 0 unspecified atom stereocenters. The van der Waals surface area contributed by atoms with Gasteiger partial charge in [0.25, 0.3) is 11.8 Å². The summed E-state index contributed by atoms with van der Waals surface area (Å²) in [4.78, 5) is 37.3. The summed E-state index contributed by atoms with van der Waals surface area (Å²) in [5.41, 5.74) is 0.0923. The van der Waals surface area contributed by atoms with Crippen LogP contribution in [0.4, 0.5) is 18.0 Å². The average Bonchev–Trinajstić information content (AvgIpc) is 2.91. The average molecular weight is 407 g/mol. The Hall–Kier alpha value is -3.56. The highest BCUT2D eigenvalue weighted by molar-refractivity contribution is 6.09. The van der Waals surface area contributed by atoms with E-state index in [0.717, 1.165) is 24.3 Å². The van der Waals surface area contributed by atoms with Gasteiger partial charge in [0, 0.05) is 5.56 Å². The Morgan fingerprint density at radius 3 is 2.17 bits per heavy atom. The number of amides is 4. The number of nitrogens with one attached hydrogen (secondary N) is 2. The van der Waals surface area contributed by atoms with Crippen LogP contribution < -0.4 is 15.5 Å². The number of ether oxygens (including phenoxy) is 1. The lowest BCUT2D eigenvalue weighted by molar-refractivity contribution is -0.137. The van der Waals surface area contributed by atoms with Crippen LogP contribution in [-0.4, -0.2) is 30.0 Å². The number of hydrogen-bond donors (Lipinski definition) is 2. The van der Waals surface area contributed by atoms with Crippen molar-refractivity contribution in [1.29, 1.82) is 0 Å². The van der Waals surface area contributed by atoms with Crippen molar-refractivity contribution in [3.63, 3.8) is 0 Å². The number of urea groups is 1. The molecule has 0 saturated carbocycles. The van der Waals surface area contributed by atoms with E-state index in [1.165, 1.54) is 14.0 Å². The number of rotatable bonds is 4. The quantitative estimate of drug-likeness (QED) is 0.763. The Kier molecular flexibility index (Phi) is 4.95. The molecule has 1 fully saturated rings. The largest absolute Gasteiger partial charge is 0.497 e. The predicted octanol–water partition coefficient (Wildman–Crippen LogP) is 2.83. The molecule has 1 aliphatic rings. The third-order valence-corrected chi connectivity index (χ3v) is 4.55. The maximum Gasteiger partial charge on any atom is 0.416 e. The lowest BCUT2D eigenvalue weighted by atomic mass is 9.92. The molecule has 0 radical (unpaired) electrons. The Morgan fingerprint density at radius 1 is 1.07 bits per heavy atom. The number of halogens is 3. The number of alkyl halides is 3. The van der Waals surface area contributed by atoms with E-state index in [1.54, 1.807) is 24.3 Å². The highest BCUT2D eigenvalue weighted by Crippen LogP contribution is 2.30. The van der Waals surface area contributed by atoms with Gasteiger partial charge >= 0.3 is 12.2 Å². The second-order valence-electron chi connectivity index (χ2n) is 6.44. The Labute approximate surface area is 163 Å². The van der Waals surface area contributed by atoms with Gasteiger partial charge in [0.1, 0.15) is 11.3 Å². The maximum absolute atomic E-state index is 12.8. The lowest BCUT2D eigenvalue weighted by Crippen LogP contribution is -2.47. The number of methoxy groups -OCH3 is 1. The van der Waals surface area contributed by atoms with E-state index in [4.69, 9.17) is 4.74 Å². The molecule has 0 aliphatic carbocycles. The molecular formula is C19H16F3N3O4. The molecule has 4 amide bonds. The maximum atomic E-state index is 12.8. The van der Waals surface area contributed by atoms with Crippen LogP contribution in [0.1, 0.15) is 28.4 Å². The molecule has 0 spiro atoms. The van der Waals surface area contributed by atoms with Gasteiger partial charge in [-0.2, -0.15) is 18.2 Å². The summed E-state index contributed by atoms with van der Waals surface area (Å²) in [6, 6.07) is 8.94. The Morgan fingerprint density at radius 2 is 1.66 bits per heavy atom. The summed E-state index contributed by atoms with van der Waals surface area (Å²) in [5.74, 6) is -1.09. The van der Waals surface area contributed by atoms with Gasteiger partial charge in [-0.1, -0.05) is 12.1 Å². The van der Waals surface area contributed by atoms with Crippen molar-refractivity contribution in [3.05, 3.63) is 65.2 Å². The molecule has 10 heteroatoms. The fraction of sp³-hybridized carbons (Fsp3) is 0.211. The summed E-state index contributed by atoms with van der Waals surface area (Å²) in [5, 5.41) is 3.01. The second kappa shape index (κ2) is 7.12. The second-order valence-corrected chi connectivity index (χ2v) is 6.44. The van der Waals surface area contributed by atoms with Gasteiger partial charge in [-0.05, 0) is 48.9 Å². The summed E-state index contributed by atoms with van der Waals surface area (Å²) in [6.07, 6.45) is -4.54. The van der Waals surface area contributed by atoms with Gasteiger partial charge in [0.05, 0.1) is 12.7 Å². The molecule has 1 heterocycles. The van der Waals surface area contributed by atoms with Crippen LogP contribution in [-0.2, 0) is 16.5 Å². The molecule has 1 aliphatic heterocycles. The zero-order chi connectivity index (χ0) is 21.4. The van der Waals surface area contributed by atoms with Gasteiger partial charge in [-0.3, -0.25) is 15.0 Å². The molecule has 2 aromatic rings. The predicted molar refractivity (Wildman–Crippen MR) is 94.6 cm³/mol. The van der Waals surface area contributed by atoms with Crippen molar-refractivity contribution in [1.82, 2.24) is 15.8 Å². The third kappa shape index (κ3) is 3.73. The number of imide groups is 1. The highest BCUT2D eigenvalue weighted by Gasteiger charge is 2.50. The van der Waals surface area contributed by atoms with E-state index in [9.17, 15) is 27.6 Å². The highest BCUT2D eigenvalue weighted by atomic mass is 19.4. The first-order valence-electron chi connectivity index (χ1n) is 8.36. The molecule has 7 nitrogen and oxygen atoms in total. The van der Waals surface area contributed by atoms with Crippen LogP contribution in [0.2, 0.25) is 0 Å². The van der Waals surface area contributed by atoms with E-state index < -0.39 is 35.1 Å². The van der Waals surface area contributed by atoms with Gasteiger partial charge in [0.15, 0.2) is 0 Å². The van der Waals surface area contributed by atoms with Crippen molar-refractivity contribution in [2.24, 2.45) is 0 Å². The van der Waals surface area contributed by atoms with Gasteiger partial charge in [0.2, 0.25) is 0 Å². The van der Waals surface area contributed by atoms with Crippen LogP contribution >= 0.6 is 0 Å². The monoisotopic (exact) mass is 407 g/mol. The minimum absolute atomic E-state index is 0.142. The summed E-state index contributed by atoms with van der Waals surface area (Å²) >= 11 is 0. The van der Waals surface area contributed by atoms with Crippen molar-refractivity contribution in [3.8, 4) is 5.75 Å². The summed E-state index contributed by atoms with van der Waals surface area (Å²) in [6.45, 7) is 1.47. The van der Waals surface area contributed by atoms with Crippen molar-refractivity contribution < 1.29 is 32.3 Å². The van der Waals surface area contributed by atoms with Crippen LogP contribution in [0.5, 0.6) is 5.75 Å². The summed E-state index contributed by atoms with van der Waals surface area (Å²) in [7, 11) is 1.48. The van der Waals surface area contributed by atoms with Crippen LogP contribution in [0.15, 0.2) is 48.5 Å². The molecule has 2 aromatic carbocycles. The minimum atomic E-state index is -4.54. The van der Waals surface area contributed by atoms with Crippen molar-refractivity contribution >= 4 is 17.8 Å². The van der Waals surface area contributed by atoms with E-state index >= 15 is 0 Å². The van der Waals surface area contributed by atoms with Gasteiger partial charge in [-0.15, -0.1) is 0 Å². The standard InChI is InChI=1S/C19H16F3N3O4/c1-18(12-7-9-14(29-2)10-8-12)16(27)25(17(28)23-18)24-15(26)11-3-5-13(6-4-11)19(20,21)22/h3-10H,1-2H3,(H,23,28)(H,24,26)/t18-/m0/s1. The normalized spacial score (nSPS) is 19.1. The molecule has 3 rings (SSSR count). The minimum Gasteiger partial charge on any atom is -0.497 e. The van der Waals surface area contributed by atoms with Crippen molar-refractivity contribution in [2.75, 3.05) is 7.11 Å². The number of nitrogens with zero attached hydrogens (tertiary/aromatic N) is 1. The number of hydrazine groups is 1. The van der Waals surface area contributed by atoms with E-state index in [2.05, 4.69) is 10.7 Å². The molecule has 0 bridgehead atoms. The zero-order valence-corrected chi connectivity index (χ0v) is 15.3. The number of benzene rings is 2. The molecule has 152 valence electrons. The molecular weight excluding hydrogens is 391 g/mol. The molecule has 0 aromatic heterocycles. The van der Waals surface area contributed by atoms with Crippen LogP contribution in [0.25, 0.3) is 0 Å². The van der Waals surface area contributed by atoms with Crippen LogP contribution in [0, 0.1) is 0 Å². The summed E-state index contributed by atoms with van der Waals surface area (Å²) < 4.78 is 42.9. The number of hydrogen-bond acceptors (Lipinski definition) is 4. The van der Waals surface area contributed by atoms with Gasteiger partial charge < -0.3 is 10.1 Å².